The molecule has 0 N–H and O–H groups in total. The third-order valence-corrected chi connectivity index (χ3v) is 4.82. The van der Waals surface area contributed by atoms with E-state index in [0.29, 0.717) is 24.4 Å². The first kappa shape index (κ1) is 14.6. The van der Waals surface area contributed by atoms with Crippen LogP contribution in [0.5, 0.6) is 0 Å². The maximum absolute atomic E-state index is 9.85. The number of nitrogens with zero attached hydrogens (tertiary/aromatic N) is 4. The van der Waals surface area contributed by atoms with Gasteiger partial charge in [-0.25, -0.2) is 0 Å². The molecule has 1 aliphatic heterocycles. The van der Waals surface area contributed by atoms with Gasteiger partial charge in [-0.1, -0.05) is 30.3 Å². The van der Waals surface area contributed by atoms with E-state index >= 15 is 0 Å². The maximum atomic E-state index is 9.85. The molecule has 1 aromatic rings. The van der Waals surface area contributed by atoms with Gasteiger partial charge < -0.3 is 4.74 Å². The topological polar surface area (TPSA) is 104 Å². The van der Waals surface area contributed by atoms with Gasteiger partial charge in [0.15, 0.2) is 10.8 Å². The Bertz CT molecular complexity index is 801. The Balaban J connectivity index is 2.34. The normalized spacial score (nSPS) is 26.2. The molecule has 0 radical (unpaired) electrons. The molecule has 0 unspecified atom stereocenters. The zero-order chi connectivity index (χ0) is 16.5. The molecule has 2 aliphatic rings. The van der Waals surface area contributed by atoms with Crippen LogP contribution in [0.1, 0.15) is 17.9 Å². The Morgan fingerprint density at radius 1 is 0.913 bits per heavy atom. The lowest BCUT2D eigenvalue weighted by atomic mass is 9.50. The quantitative estimate of drug-likeness (QED) is 0.793. The maximum Gasteiger partial charge on any atom is 0.186 e. The van der Waals surface area contributed by atoms with Gasteiger partial charge in [-0.15, -0.1) is 0 Å². The number of hydrogen-bond acceptors (Lipinski definition) is 5. The average molecular weight is 300 g/mol. The molecule has 5 heteroatoms. The molecule has 0 saturated carbocycles. The van der Waals surface area contributed by atoms with E-state index < -0.39 is 22.7 Å². The van der Waals surface area contributed by atoms with E-state index in [1.165, 1.54) is 0 Å². The van der Waals surface area contributed by atoms with Gasteiger partial charge in [0.2, 0.25) is 0 Å². The van der Waals surface area contributed by atoms with Crippen molar-refractivity contribution < 1.29 is 4.74 Å². The molecule has 1 aromatic carbocycles. The first-order chi connectivity index (χ1) is 11.2. The molecule has 1 saturated heterocycles. The van der Waals surface area contributed by atoms with E-state index in [1.807, 2.05) is 30.3 Å². The molecule has 23 heavy (non-hydrogen) atoms. The number of rotatable bonds is 1. The van der Waals surface area contributed by atoms with Gasteiger partial charge in [0.1, 0.15) is 0 Å². The fourth-order valence-electron chi connectivity index (χ4n) is 3.65. The van der Waals surface area contributed by atoms with Crippen LogP contribution in [0.15, 0.2) is 42.2 Å². The number of benzene rings is 1. The Hall–Kier alpha value is -3.28. The molecule has 1 heterocycles. The van der Waals surface area contributed by atoms with Crippen LogP contribution >= 0.6 is 0 Å². The largest absolute Gasteiger partial charge is 0.498 e. The molecule has 1 aliphatic carbocycles. The molecule has 2 atom stereocenters. The third-order valence-electron chi connectivity index (χ3n) is 4.82. The van der Waals surface area contributed by atoms with Gasteiger partial charge in [-0.2, -0.15) is 21.0 Å². The van der Waals surface area contributed by atoms with Crippen LogP contribution in [0.25, 0.3) is 0 Å². The summed E-state index contributed by atoms with van der Waals surface area (Å²) in [5.74, 6) is -0.692. The number of allylic oxidation sites excluding steroid dienone is 2. The predicted molar refractivity (Wildman–Crippen MR) is 78.6 cm³/mol. The van der Waals surface area contributed by atoms with Crippen molar-refractivity contribution >= 4 is 0 Å². The molecule has 3 rings (SSSR count). The molecular weight excluding hydrogens is 288 g/mol. The highest BCUT2D eigenvalue weighted by Crippen LogP contribution is 2.60. The first-order valence-electron chi connectivity index (χ1n) is 7.23. The molecule has 0 aromatic heterocycles. The van der Waals surface area contributed by atoms with Gasteiger partial charge >= 0.3 is 0 Å². The minimum Gasteiger partial charge on any atom is -0.498 e. The fourth-order valence-corrected chi connectivity index (χ4v) is 3.65. The highest BCUT2D eigenvalue weighted by atomic mass is 16.5. The van der Waals surface area contributed by atoms with Crippen molar-refractivity contribution in [2.24, 2.45) is 16.7 Å². The lowest BCUT2D eigenvalue weighted by Gasteiger charge is -2.43. The minimum absolute atomic E-state index is 0.385. The second-order valence-electron chi connectivity index (χ2n) is 5.71. The summed E-state index contributed by atoms with van der Waals surface area (Å²) in [4.78, 5) is 0. The van der Waals surface area contributed by atoms with Crippen molar-refractivity contribution in [2.45, 2.75) is 12.3 Å². The Morgan fingerprint density at radius 3 is 2.09 bits per heavy atom. The molecule has 0 bridgehead atoms. The zero-order valence-electron chi connectivity index (χ0n) is 12.2. The summed E-state index contributed by atoms with van der Waals surface area (Å²) in [5, 5.41) is 39.3. The van der Waals surface area contributed by atoms with Crippen LogP contribution in [0.2, 0.25) is 0 Å². The highest BCUT2D eigenvalue weighted by molar-refractivity contribution is 5.49. The minimum atomic E-state index is -1.78. The standard InChI is InChI=1S/C18H12N4O/c19-9-17(10-20)14-6-7-23-16(14)8-15(18(17,11-21)12-22)13-4-2-1-3-5-13/h1-5,8,14-15H,6-7H2/t14-,15-/m1/s1. The summed E-state index contributed by atoms with van der Waals surface area (Å²) in [6, 6.07) is 17.1. The molecule has 5 nitrogen and oxygen atoms in total. The van der Waals surface area contributed by atoms with Gasteiger partial charge in [-0.05, 0) is 18.1 Å². The second-order valence-corrected chi connectivity index (χ2v) is 5.71. The van der Waals surface area contributed by atoms with Crippen LogP contribution in [0.4, 0.5) is 0 Å². The average Bonchev–Trinajstić information content (AvgIpc) is 3.09. The predicted octanol–water partition coefficient (Wildman–Crippen LogP) is 2.77. The number of fused-ring (bicyclic) bond motifs is 1. The number of hydrogen-bond donors (Lipinski definition) is 0. The van der Waals surface area contributed by atoms with Gasteiger partial charge in [-0.3, -0.25) is 0 Å². The Labute approximate surface area is 134 Å². The number of ether oxygens (including phenoxy) is 1. The number of nitriles is 4. The highest BCUT2D eigenvalue weighted by Gasteiger charge is 2.67. The van der Waals surface area contributed by atoms with Crippen molar-refractivity contribution in [3.63, 3.8) is 0 Å². The molecule has 110 valence electrons. The van der Waals surface area contributed by atoms with Crippen molar-refractivity contribution in [2.75, 3.05) is 6.61 Å². The second kappa shape index (κ2) is 5.17. The van der Waals surface area contributed by atoms with E-state index in [4.69, 9.17) is 4.74 Å². The van der Waals surface area contributed by atoms with Crippen molar-refractivity contribution in [1.82, 2.24) is 0 Å². The lowest BCUT2D eigenvalue weighted by molar-refractivity contribution is 0.158. The van der Waals surface area contributed by atoms with Crippen LogP contribution in [0, 0.1) is 62.1 Å². The Morgan fingerprint density at radius 2 is 1.52 bits per heavy atom. The molecule has 0 amide bonds. The van der Waals surface area contributed by atoms with Crippen LogP contribution in [0.3, 0.4) is 0 Å². The van der Waals surface area contributed by atoms with Gasteiger partial charge in [0.05, 0.1) is 42.6 Å². The van der Waals surface area contributed by atoms with Crippen molar-refractivity contribution in [1.29, 1.82) is 21.0 Å². The molecular formula is C18H12N4O. The Kier molecular flexibility index (Phi) is 3.29. The van der Waals surface area contributed by atoms with E-state index in [2.05, 4.69) is 0 Å². The van der Waals surface area contributed by atoms with E-state index in [0.717, 1.165) is 0 Å². The summed E-state index contributed by atoms with van der Waals surface area (Å²) in [5.41, 5.74) is -2.82. The monoisotopic (exact) mass is 300 g/mol. The summed E-state index contributed by atoms with van der Waals surface area (Å²) in [7, 11) is 0. The van der Waals surface area contributed by atoms with Gasteiger partial charge in [0.25, 0.3) is 0 Å². The van der Waals surface area contributed by atoms with Crippen LogP contribution in [-0.2, 0) is 4.74 Å². The van der Waals surface area contributed by atoms with E-state index in [9.17, 15) is 21.0 Å². The van der Waals surface area contributed by atoms with Crippen LogP contribution in [-0.4, -0.2) is 6.61 Å². The lowest BCUT2D eigenvalue weighted by Crippen LogP contribution is -2.49. The SMILES string of the molecule is N#CC1(C#N)[C@@H]2CCOC2=C[C@H](c2ccccc2)C1(C#N)C#N. The third kappa shape index (κ3) is 1.69. The van der Waals surface area contributed by atoms with E-state index in [1.54, 1.807) is 30.3 Å². The van der Waals surface area contributed by atoms with E-state index in [-0.39, 0.29) is 0 Å². The summed E-state index contributed by atoms with van der Waals surface area (Å²) in [6.07, 6.45) is 2.20. The van der Waals surface area contributed by atoms with Crippen LogP contribution < -0.4 is 0 Å². The smallest absolute Gasteiger partial charge is 0.186 e. The summed E-state index contributed by atoms with van der Waals surface area (Å²) >= 11 is 0. The van der Waals surface area contributed by atoms with Crippen molar-refractivity contribution in [3.05, 3.63) is 47.7 Å². The van der Waals surface area contributed by atoms with Crippen molar-refractivity contribution in [3.8, 4) is 24.3 Å². The van der Waals surface area contributed by atoms with Gasteiger partial charge in [0, 0.05) is 5.92 Å². The first-order valence-corrected chi connectivity index (χ1v) is 7.23. The molecule has 1 fully saturated rings. The zero-order valence-corrected chi connectivity index (χ0v) is 12.2. The fraction of sp³-hybridized carbons (Fsp3) is 0.333. The summed E-state index contributed by atoms with van der Waals surface area (Å²) < 4.78 is 5.59. The molecule has 0 spiro atoms. The summed E-state index contributed by atoms with van der Waals surface area (Å²) in [6.45, 7) is 0.385.